The van der Waals surface area contributed by atoms with Crippen molar-refractivity contribution < 1.29 is 50.4 Å². The fourth-order valence-electron chi connectivity index (χ4n) is 3.68. The van der Waals surface area contributed by atoms with Gasteiger partial charge < -0.3 is 50.9 Å². The molecule has 33 heavy (non-hydrogen) atoms. The first kappa shape index (κ1) is 21.6. The van der Waals surface area contributed by atoms with Crippen molar-refractivity contribution in [2.75, 3.05) is 0 Å². The van der Waals surface area contributed by atoms with Crippen LogP contribution in [0.3, 0.4) is 0 Å². The van der Waals surface area contributed by atoms with Gasteiger partial charge in [0.25, 0.3) is 5.91 Å². The number of hydrogen-bond donors (Lipinski definition) is 9. The van der Waals surface area contributed by atoms with Gasteiger partial charge in [0.2, 0.25) is 0 Å². The highest BCUT2D eigenvalue weighted by atomic mass is 16.5. The van der Waals surface area contributed by atoms with E-state index in [0.717, 1.165) is 30.3 Å². The van der Waals surface area contributed by atoms with Gasteiger partial charge in [-0.05, 0) is 24.3 Å². The Morgan fingerprint density at radius 1 is 0.758 bits per heavy atom. The van der Waals surface area contributed by atoms with Crippen molar-refractivity contribution in [3.63, 3.8) is 0 Å². The van der Waals surface area contributed by atoms with Gasteiger partial charge in [-0.25, -0.2) is 0 Å². The van der Waals surface area contributed by atoms with Crippen LogP contribution in [0.15, 0.2) is 36.4 Å². The smallest absolute Gasteiger partial charge is 0.251 e. The van der Waals surface area contributed by atoms with Crippen LogP contribution in [0.1, 0.15) is 27.6 Å². The van der Waals surface area contributed by atoms with Crippen molar-refractivity contribution in [2.24, 2.45) is 0 Å². The number of ether oxygens (including phenoxy) is 1. The van der Waals surface area contributed by atoms with E-state index in [9.17, 15) is 45.6 Å². The Kier molecular flexibility index (Phi) is 5.09. The Morgan fingerprint density at radius 2 is 1.30 bits per heavy atom. The van der Waals surface area contributed by atoms with E-state index >= 15 is 0 Å². The fraction of sp³-hybridized carbons (Fsp3) is 0.136. The summed E-state index contributed by atoms with van der Waals surface area (Å²) in [4.78, 5) is 12.8. The van der Waals surface area contributed by atoms with E-state index in [-0.39, 0.29) is 40.4 Å². The van der Waals surface area contributed by atoms with E-state index in [1.54, 1.807) is 0 Å². The number of carbonyl (C=O) groups excluding carboxylic acids is 1. The first-order valence-corrected chi connectivity index (χ1v) is 9.57. The molecule has 0 saturated carbocycles. The van der Waals surface area contributed by atoms with E-state index in [4.69, 9.17) is 4.74 Å². The second kappa shape index (κ2) is 7.79. The summed E-state index contributed by atoms with van der Waals surface area (Å²) in [5, 5.41) is 81.0. The summed E-state index contributed by atoms with van der Waals surface area (Å²) in [6, 6.07) is 5.51. The Morgan fingerprint density at radius 3 is 1.88 bits per heavy atom. The largest absolute Gasteiger partial charge is 0.508 e. The standard InChI is InChI=1S/C22H19NO10/c24-10-5-13(25)11-7-12(23-22(32)9-3-16(28)20(31)17(29)4-9)21(33-18(11)6-10)8-1-14(26)19(30)15(27)2-8/h1-6,12,21,24-31H,7H2,(H,23,32). The number of nitrogens with one attached hydrogen (secondary N) is 1. The number of aromatic hydroxyl groups is 8. The van der Waals surface area contributed by atoms with Gasteiger partial charge in [-0.1, -0.05) is 0 Å². The van der Waals surface area contributed by atoms with Crippen LogP contribution in [0.25, 0.3) is 0 Å². The van der Waals surface area contributed by atoms with E-state index in [0.29, 0.717) is 0 Å². The number of carbonyl (C=O) groups is 1. The van der Waals surface area contributed by atoms with Crippen molar-refractivity contribution >= 4 is 5.91 Å². The van der Waals surface area contributed by atoms with Crippen LogP contribution in [0.2, 0.25) is 0 Å². The average Bonchev–Trinajstić information content (AvgIpc) is 2.75. The second-order valence-corrected chi connectivity index (χ2v) is 7.53. The summed E-state index contributed by atoms with van der Waals surface area (Å²) < 4.78 is 5.87. The van der Waals surface area contributed by atoms with Gasteiger partial charge in [-0.2, -0.15) is 0 Å². The summed E-state index contributed by atoms with van der Waals surface area (Å²) in [5.41, 5.74) is 0.217. The number of phenols is 8. The molecule has 0 saturated heterocycles. The van der Waals surface area contributed by atoms with E-state index in [2.05, 4.69) is 5.32 Å². The van der Waals surface area contributed by atoms with Gasteiger partial charge in [0.15, 0.2) is 34.5 Å². The normalized spacial score (nSPS) is 17.1. The molecule has 0 aromatic heterocycles. The molecule has 3 aromatic rings. The van der Waals surface area contributed by atoms with Crippen LogP contribution < -0.4 is 10.1 Å². The molecule has 2 unspecified atom stereocenters. The van der Waals surface area contributed by atoms with E-state index < -0.39 is 52.6 Å². The average molecular weight is 457 g/mol. The van der Waals surface area contributed by atoms with Crippen molar-refractivity contribution in [1.82, 2.24) is 5.32 Å². The van der Waals surface area contributed by atoms with Gasteiger partial charge in [0.05, 0.1) is 6.04 Å². The van der Waals surface area contributed by atoms with E-state index in [1.807, 2.05) is 0 Å². The minimum absolute atomic E-state index is 0.0176. The van der Waals surface area contributed by atoms with Gasteiger partial charge in [0, 0.05) is 35.2 Å². The molecule has 2 atom stereocenters. The zero-order chi connectivity index (χ0) is 24.0. The molecule has 4 rings (SSSR count). The van der Waals surface area contributed by atoms with Gasteiger partial charge in [-0.15, -0.1) is 0 Å². The molecule has 9 N–H and O–H groups in total. The third kappa shape index (κ3) is 3.87. The maximum absolute atomic E-state index is 12.8. The molecular formula is C22H19NO10. The highest BCUT2D eigenvalue weighted by Gasteiger charge is 2.35. The molecule has 3 aromatic carbocycles. The summed E-state index contributed by atoms with van der Waals surface area (Å²) >= 11 is 0. The van der Waals surface area contributed by atoms with Gasteiger partial charge in [-0.3, -0.25) is 4.79 Å². The molecule has 0 radical (unpaired) electrons. The predicted molar refractivity (Wildman–Crippen MR) is 111 cm³/mol. The lowest BCUT2D eigenvalue weighted by Crippen LogP contribution is -2.45. The Bertz CT molecular complexity index is 1230. The summed E-state index contributed by atoms with van der Waals surface area (Å²) in [7, 11) is 0. The number of benzene rings is 3. The molecule has 1 aliphatic heterocycles. The first-order valence-electron chi connectivity index (χ1n) is 9.57. The van der Waals surface area contributed by atoms with Crippen molar-refractivity contribution in [3.05, 3.63) is 53.1 Å². The van der Waals surface area contributed by atoms with Crippen molar-refractivity contribution in [1.29, 1.82) is 0 Å². The number of hydrogen-bond acceptors (Lipinski definition) is 10. The molecule has 1 aliphatic rings. The molecule has 0 bridgehead atoms. The van der Waals surface area contributed by atoms with Crippen molar-refractivity contribution in [3.8, 4) is 51.7 Å². The highest BCUT2D eigenvalue weighted by Crippen LogP contribution is 2.45. The highest BCUT2D eigenvalue weighted by molar-refractivity contribution is 5.95. The second-order valence-electron chi connectivity index (χ2n) is 7.53. The van der Waals surface area contributed by atoms with Crippen LogP contribution in [0.4, 0.5) is 0 Å². The lowest BCUT2D eigenvalue weighted by Gasteiger charge is -2.35. The summed E-state index contributed by atoms with van der Waals surface area (Å²) in [6.45, 7) is 0. The molecule has 11 heteroatoms. The van der Waals surface area contributed by atoms with Crippen molar-refractivity contribution in [2.45, 2.75) is 18.6 Å². The number of rotatable bonds is 3. The lowest BCUT2D eigenvalue weighted by atomic mass is 9.91. The van der Waals surface area contributed by atoms with Crippen LogP contribution >= 0.6 is 0 Å². The van der Waals surface area contributed by atoms with Crippen LogP contribution in [0.5, 0.6) is 51.7 Å². The molecule has 172 valence electrons. The third-order valence-electron chi connectivity index (χ3n) is 5.28. The number of amides is 1. The minimum atomic E-state index is -1.07. The van der Waals surface area contributed by atoms with E-state index in [1.165, 1.54) is 6.07 Å². The third-order valence-corrected chi connectivity index (χ3v) is 5.28. The predicted octanol–water partition coefficient (Wildman–Crippen LogP) is 1.81. The van der Waals surface area contributed by atoms with Crippen LogP contribution in [-0.4, -0.2) is 52.8 Å². The zero-order valence-electron chi connectivity index (χ0n) is 16.7. The minimum Gasteiger partial charge on any atom is -0.508 e. The monoisotopic (exact) mass is 457 g/mol. The maximum atomic E-state index is 12.8. The van der Waals surface area contributed by atoms with Crippen LogP contribution in [-0.2, 0) is 6.42 Å². The Hall–Kier alpha value is -4.67. The number of phenolic OH excluding ortho intramolecular Hbond substituents is 8. The SMILES string of the molecule is O=C(NC1Cc2c(O)cc(O)cc2OC1c1cc(O)c(O)c(O)c1)c1cc(O)c(O)c(O)c1. The Balaban J connectivity index is 1.75. The molecule has 0 spiro atoms. The lowest BCUT2D eigenvalue weighted by molar-refractivity contribution is 0.0836. The summed E-state index contributed by atoms with van der Waals surface area (Å²) in [6.07, 6.45) is -1.09. The van der Waals surface area contributed by atoms with Gasteiger partial charge in [0.1, 0.15) is 23.4 Å². The molecule has 1 amide bonds. The topological polar surface area (TPSA) is 200 Å². The van der Waals surface area contributed by atoms with Crippen LogP contribution in [0, 0.1) is 0 Å². The molecule has 11 nitrogen and oxygen atoms in total. The molecule has 1 heterocycles. The first-order chi connectivity index (χ1) is 15.5. The molecular weight excluding hydrogens is 438 g/mol. The number of fused-ring (bicyclic) bond motifs is 1. The maximum Gasteiger partial charge on any atom is 0.251 e. The molecule has 0 fully saturated rings. The fourth-order valence-corrected chi connectivity index (χ4v) is 3.68. The molecule has 0 aliphatic carbocycles. The Labute approximate surface area is 185 Å². The summed E-state index contributed by atoms with van der Waals surface area (Å²) in [5.74, 6) is -5.53. The zero-order valence-corrected chi connectivity index (χ0v) is 16.7. The quantitative estimate of drug-likeness (QED) is 0.261. The van der Waals surface area contributed by atoms with Gasteiger partial charge >= 0.3 is 0 Å².